The van der Waals surface area contributed by atoms with Gasteiger partial charge in [0.15, 0.2) is 0 Å². The van der Waals surface area contributed by atoms with Gasteiger partial charge in [0.1, 0.15) is 0 Å². The molecular weight excluding hydrogens is 146 g/mol. The third-order valence-electron chi connectivity index (χ3n) is 3.10. The molecule has 1 N–H and O–H groups in total. The molecule has 3 unspecified atom stereocenters. The third kappa shape index (κ3) is 2.34. The van der Waals surface area contributed by atoms with Gasteiger partial charge in [-0.05, 0) is 38.1 Å². The first-order valence-corrected chi connectivity index (χ1v) is 5.06. The Labute approximate surface area is 76.2 Å². The second kappa shape index (κ2) is 4.66. The molecule has 1 heteroatoms. The molecular formula is C11H21N. The smallest absolute Gasteiger partial charge is 0.0127 e. The summed E-state index contributed by atoms with van der Waals surface area (Å²) in [5, 5.41) is 3.39. The first kappa shape index (κ1) is 9.79. The summed E-state index contributed by atoms with van der Waals surface area (Å²) in [5.41, 5.74) is 0. The van der Waals surface area contributed by atoms with E-state index in [0.717, 1.165) is 18.3 Å². The number of rotatable bonds is 4. The van der Waals surface area contributed by atoms with Gasteiger partial charge in [0.05, 0.1) is 0 Å². The molecule has 0 amide bonds. The van der Waals surface area contributed by atoms with Gasteiger partial charge in [-0.15, -0.1) is 6.58 Å². The van der Waals surface area contributed by atoms with E-state index >= 15 is 0 Å². The molecule has 1 saturated carbocycles. The van der Waals surface area contributed by atoms with Crippen molar-refractivity contribution in [2.75, 3.05) is 7.05 Å². The minimum Gasteiger partial charge on any atom is -0.316 e. The fourth-order valence-corrected chi connectivity index (χ4v) is 2.34. The van der Waals surface area contributed by atoms with E-state index in [1.165, 1.54) is 19.3 Å². The van der Waals surface area contributed by atoms with Crippen molar-refractivity contribution in [2.45, 2.75) is 38.6 Å². The van der Waals surface area contributed by atoms with Crippen LogP contribution in [0.2, 0.25) is 0 Å². The summed E-state index contributed by atoms with van der Waals surface area (Å²) in [4.78, 5) is 0. The molecule has 0 aromatic carbocycles. The molecule has 1 rings (SSSR count). The standard InChI is InChI=1S/C11H21N/c1-4-5-11(12-3)10-7-6-9(2)8-10/h4,9-12H,1,5-8H2,2-3H3. The average molecular weight is 167 g/mol. The van der Waals surface area contributed by atoms with E-state index < -0.39 is 0 Å². The van der Waals surface area contributed by atoms with E-state index in [4.69, 9.17) is 0 Å². The van der Waals surface area contributed by atoms with E-state index in [1.807, 2.05) is 6.08 Å². The Morgan fingerprint density at radius 1 is 1.58 bits per heavy atom. The minimum atomic E-state index is 0.674. The van der Waals surface area contributed by atoms with Crippen LogP contribution in [0.4, 0.5) is 0 Å². The molecule has 3 atom stereocenters. The quantitative estimate of drug-likeness (QED) is 0.635. The predicted octanol–water partition coefficient (Wildman–Crippen LogP) is 2.59. The van der Waals surface area contributed by atoms with Crippen molar-refractivity contribution in [3.05, 3.63) is 12.7 Å². The maximum absolute atomic E-state index is 3.80. The molecule has 0 aromatic rings. The van der Waals surface area contributed by atoms with Crippen LogP contribution >= 0.6 is 0 Å². The van der Waals surface area contributed by atoms with Crippen LogP contribution in [0.1, 0.15) is 32.6 Å². The van der Waals surface area contributed by atoms with Gasteiger partial charge < -0.3 is 5.32 Å². The van der Waals surface area contributed by atoms with Crippen molar-refractivity contribution in [1.82, 2.24) is 5.32 Å². The fraction of sp³-hybridized carbons (Fsp3) is 0.818. The molecule has 1 aliphatic rings. The normalized spacial score (nSPS) is 31.8. The van der Waals surface area contributed by atoms with Crippen LogP contribution in [0.15, 0.2) is 12.7 Å². The monoisotopic (exact) mass is 167 g/mol. The van der Waals surface area contributed by atoms with Crippen molar-refractivity contribution < 1.29 is 0 Å². The number of hydrogen-bond donors (Lipinski definition) is 1. The van der Waals surface area contributed by atoms with Crippen molar-refractivity contribution in [3.63, 3.8) is 0 Å². The highest BCUT2D eigenvalue weighted by atomic mass is 14.9. The Morgan fingerprint density at radius 3 is 2.75 bits per heavy atom. The highest BCUT2D eigenvalue weighted by molar-refractivity contribution is 4.86. The predicted molar refractivity (Wildman–Crippen MR) is 54.2 cm³/mol. The van der Waals surface area contributed by atoms with E-state index in [9.17, 15) is 0 Å². The Kier molecular flexibility index (Phi) is 3.80. The van der Waals surface area contributed by atoms with Gasteiger partial charge in [-0.1, -0.05) is 19.4 Å². The van der Waals surface area contributed by atoms with Crippen LogP contribution in [0.5, 0.6) is 0 Å². The molecule has 0 heterocycles. The van der Waals surface area contributed by atoms with Gasteiger partial charge in [-0.2, -0.15) is 0 Å². The average Bonchev–Trinajstić information content (AvgIpc) is 2.47. The van der Waals surface area contributed by atoms with E-state index in [1.54, 1.807) is 0 Å². The van der Waals surface area contributed by atoms with Crippen LogP contribution in [-0.2, 0) is 0 Å². The van der Waals surface area contributed by atoms with Crippen LogP contribution in [0.3, 0.4) is 0 Å². The number of hydrogen-bond acceptors (Lipinski definition) is 1. The summed E-state index contributed by atoms with van der Waals surface area (Å²) in [6.07, 6.45) is 7.37. The molecule has 1 fully saturated rings. The zero-order chi connectivity index (χ0) is 8.97. The summed E-state index contributed by atoms with van der Waals surface area (Å²) >= 11 is 0. The molecule has 0 aliphatic heterocycles. The van der Waals surface area contributed by atoms with Crippen molar-refractivity contribution >= 4 is 0 Å². The van der Waals surface area contributed by atoms with Gasteiger partial charge >= 0.3 is 0 Å². The van der Waals surface area contributed by atoms with E-state index in [-0.39, 0.29) is 0 Å². The molecule has 0 radical (unpaired) electrons. The molecule has 0 aromatic heterocycles. The van der Waals surface area contributed by atoms with Gasteiger partial charge in [-0.25, -0.2) is 0 Å². The molecule has 1 aliphatic carbocycles. The lowest BCUT2D eigenvalue weighted by molar-refractivity contribution is 0.372. The summed E-state index contributed by atoms with van der Waals surface area (Å²) in [7, 11) is 2.07. The third-order valence-corrected chi connectivity index (χ3v) is 3.10. The van der Waals surface area contributed by atoms with Gasteiger partial charge in [0.2, 0.25) is 0 Å². The lowest BCUT2D eigenvalue weighted by atomic mass is 9.94. The molecule has 70 valence electrons. The van der Waals surface area contributed by atoms with Gasteiger partial charge in [0, 0.05) is 6.04 Å². The summed E-state index contributed by atoms with van der Waals surface area (Å²) in [5.74, 6) is 1.83. The molecule has 0 spiro atoms. The Bertz CT molecular complexity index is 142. The lowest BCUT2D eigenvalue weighted by Crippen LogP contribution is -2.31. The summed E-state index contributed by atoms with van der Waals surface area (Å²) < 4.78 is 0. The zero-order valence-corrected chi connectivity index (χ0v) is 8.34. The van der Waals surface area contributed by atoms with Crippen LogP contribution < -0.4 is 5.32 Å². The zero-order valence-electron chi connectivity index (χ0n) is 8.34. The summed E-state index contributed by atoms with van der Waals surface area (Å²) in [6.45, 7) is 6.16. The molecule has 12 heavy (non-hydrogen) atoms. The van der Waals surface area contributed by atoms with Crippen molar-refractivity contribution in [2.24, 2.45) is 11.8 Å². The summed E-state index contributed by atoms with van der Waals surface area (Å²) in [6, 6.07) is 0.674. The second-order valence-corrected chi connectivity index (χ2v) is 4.10. The maximum atomic E-state index is 3.80. The minimum absolute atomic E-state index is 0.674. The van der Waals surface area contributed by atoms with E-state index in [2.05, 4.69) is 25.9 Å². The van der Waals surface area contributed by atoms with Crippen molar-refractivity contribution in [3.8, 4) is 0 Å². The number of nitrogens with one attached hydrogen (secondary N) is 1. The topological polar surface area (TPSA) is 12.0 Å². The maximum Gasteiger partial charge on any atom is 0.0127 e. The highest BCUT2D eigenvalue weighted by Crippen LogP contribution is 2.33. The second-order valence-electron chi connectivity index (χ2n) is 4.10. The molecule has 0 bridgehead atoms. The fourth-order valence-electron chi connectivity index (χ4n) is 2.34. The first-order chi connectivity index (χ1) is 5.77. The Morgan fingerprint density at radius 2 is 2.33 bits per heavy atom. The Hall–Kier alpha value is -0.300. The SMILES string of the molecule is C=CCC(NC)C1CCC(C)C1. The van der Waals surface area contributed by atoms with Gasteiger partial charge in [-0.3, -0.25) is 0 Å². The van der Waals surface area contributed by atoms with Crippen LogP contribution in [-0.4, -0.2) is 13.1 Å². The van der Waals surface area contributed by atoms with Crippen LogP contribution in [0, 0.1) is 11.8 Å². The first-order valence-electron chi connectivity index (χ1n) is 5.06. The Balaban J connectivity index is 2.38. The lowest BCUT2D eigenvalue weighted by Gasteiger charge is -2.21. The van der Waals surface area contributed by atoms with E-state index in [0.29, 0.717) is 6.04 Å². The van der Waals surface area contributed by atoms with Crippen LogP contribution in [0.25, 0.3) is 0 Å². The molecule has 0 saturated heterocycles. The van der Waals surface area contributed by atoms with Crippen molar-refractivity contribution in [1.29, 1.82) is 0 Å². The molecule has 1 nitrogen and oxygen atoms in total. The largest absolute Gasteiger partial charge is 0.316 e. The van der Waals surface area contributed by atoms with Gasteiger partial charge in [0.25, 0.3) is 0 Å². The highest BCUT2D eigenvalue weighted by Gasteiger charge is 2.26.